The molecule has 0 aliphatic heterocycles. The van der Waals surface area contributed by atoms with Crippen molar-refractivity contribution in [1.82, 2.24) is 0 Å². The van der Waals surface area contributed by atoms with Crippen LogP contribution in [0.4, 0.5) is 0 Å². The largest absolute Gasteiger partial charge is 0.396 e. The van der Waals surface area contributed by atoms with Crippen molar-refractivity contribution in [2.24, 2.45) is 17.8 Å². The molecular formula is C27H42O6. The molecule has 0 unspecified atom stereocenters. The van der Waals surface area contributed by atoms with Gasteiger partial charge in [-0.3, -0.25) is 9.59 Å². The van der Waals surface area contributed by atoms with Gasteiger partial charge in [-0.25, -0.2) is 0 Å². The molecule has 6 nitrogen and oxygen atoms in total. The topological polar surface area (TPSA) is 115 Å². The highest BCUT2D eigenvalue weighted by Gasteiger charge is 2.40. The molecule has 4 atom stereocenters. The Bertz CT molecular complexity index is 687. The Morgan fingerprint density at radius 2 is 1.67 bits per heavy atom. The third-order valence-corrected chi connectivity index (χ3v) is 7.03. The van der Waals surface area contributed by atoms with E-state index in [1.807, 2.05) is 18.2 Å². The van der Waals surface area contributed by atoms with Crippen molar-refractivity contribution in [2.45, 2.75) is 89.3 Å². The summed E-state index contributed by atoms with van der Waals surface area (Å²) < 4.78 is 0. The van der Waals surface area contributed by atoms with E-state index in [1.165, 1.54) is 5.56 Å². The zero-order chi connectivity index (χ0) is 24.1. The fourth-order valence-electron chi connectivity index (χ4n) is 4.95. The number of aliphatic hydroxyl groups is 4. The van der Waals surface area contributed by atoms with Gasteiger partial charge in [-0.15, -0.1) is 0 Å². The Hall–Kier alpha value is -1.60. The number of unbranched alkanes of at least 4 members (excludes halogenated alkanes) is 3. The summed E-state index contributed by atoms with van der Waals surface area (Å²) >= 11 is 0. The Kier molecular flexibility index (Phi) is 12.8. The van der Waals surface area contributed by atoms with E-state index in [1.54, 1.807) is 0 Å². The summed E-state index contributed by atoms with van der Waals surface area (Å²) in [4.78, 5) is 24.3. The molecular weight excluding hydrogens is 420 g/mol. The fourth-order valence-corrected chi connectivity index (χ4v) is 4.95. The van der Waals surface area contributed by atoms with E-state index in [0.717, 1.165) is 38.5 Å². The van der Waals surface area contributed by atoms with Gasteiger partial charge >= 0.3 is 0 Å². The van der Waals surface area contributed by atoms with E-state index >= 15 is 0 Å². The molecule has 6 heteroatoms. The van der Waals surface area contributed by atoms with Crippen molar-refractivity contribution in [3.8, 4) is 0 Å². The molecule has 1 aromatic rings. The molecule has 4 N–H and O–H groups in total. The van der Waals surface area contributed by atoms with Crippen LogP contribution in [0.15, 0.2) is 30.3 Å². The van der Waals surface area contributed by atoms with Gasteiger partial charge in [0, 0.05) is 44.3 Å². The number of aryl methyl sites for hydroxylation is 1. The first kappa shape index (κ1) is 27.6. The highest BCUT2D eigenvalue weighted by molar-refractivity contribution is 5.84. The minimum Gasteiger partial charge on any atom is -0.396 e. The van der Waals surface area contributed by atoms with E-state index < -0.39 is 12.2 Å². The number of Topliss-reactive ketones (excluding diaryl/α,β-unsaturated/α-hetero) is 2. The smallest absolute Gasteiger partial charge is 0.138 e. The van der Waals surface area contributed by atoms with E-state index in [9.17, 15) is 19.8 Å². The van der Waals surface area contributed by atoms with Crippen LogP contribution in [-0.4, -0.2) is 57.4 Å². The van der Waals surface area contributed by atoms with Crippen LogP contribution in [0.25, 0.3) is 0 Å². The molecule has 1 aromatic carbocycles. The monoisotopic (exact) mass is 462 g/mol. The molecule has 1 fully saturated rings. The molecule has 1 saturated carbocycles. The molecule has 0 radical (unpaired) electrons. The number of hydrogen-bond donors (Lipinski definition) is 4. The maximum Gasteiger partial charge on any atom is 0.138 e. The fraction of sp³-hybridized carbons (Fsp3) is 0.704. The quantitative estimate of drug-likeness (QED) is 0.264. The number of hydrogen-bond acceptors (Lipinski definition) is 6. The van der Waals surface area contributed by atoms with Crippen LogP contribution >= 0.6 is 0 Å². The zero-order valence-electron chi connectivity index (χ0n) is 19.8. The minimum atomic E-state index is -0.584. The minimum absolute atomic E-state index is 0.0321. The third kappa shape index (κ3) is 10.0. The normalized spacial score (nSPS) is 21.6. The van der Waals surface area contributed by atoms with Crippen molar-refractivity contribution in [3.63, 3.8) is 0 Å². The molecule has 2 rings (SSSR count). The number of carbonyl (C=O) groups excluding carboxylic acids is 2. The number of benzene rings is 1. The molecule has 0 saturated heterocycles. The van der Waals surface area contributed by atoms with Crippen molar-refractivity contribution in [1.29, 1.82) is 0 Å². The summed E-state index contributed by atoms with van der Waals surface area (Å²) in [5.41, 5.74) is 1.20. The first-order valence-electron chi connectivity index (χ1n) is 12.6. The van der Waals surface area contributed by atoms with Crippen molar-refractivity contribution >= 4 is 11.6 Å². The van der Waals surface area contributed by atoms with E-state index in [0.29, 0.717) is 25.7 Å². The second-order valence-electron chi connectivity index (χ2n) is 9.69. The number of aliphatic hydroxyl groups excluding tert-OH is 4. The summed E-state index contributed by atoms with van der Waals surface area (Å²) in [5.74, 6) is -0.355. The SMILES string of the molecule is O=C(CCCCCC[C@H]1[C@@H](O)CC(=O)[C@@H]1CC[C@@H](O)CCc1ccccc1)CC(CO)CO. The van der Waals surface area contributed by atoms with Crippen LogP contribution in [0.3, 0.4) is 0 Å². The third-order valence-electron chi connectivity index (χ3n) is 7.03. The Morgan fingerprint density at radius 1 is 0.970 bits per heavy atom. The van der Waals surface area contributed by atoms with Crippen LogP contribution in [0.2, 0.25) is 0 Å². The van der Waals surface area contributed by atoms with Gasteiger partial charge in [-0.05, 0) is 50.0 Å². The molecule has 33 heavy (non-hydrogen) atoms. The molecule has 1 aliphatic rings. The van der Waals surface area contributed by atoms with Crippen LogP contribution in [0, 0.1) is 17.8 Å². The van der Waals surface area contributed by atoms with Gasteiger partial charge in [0.05, 0.1) is 12.2 Å². The summed E-state index contributed by atoms with van der Waals surface area (Å²) in [7, 11) is 0. The standard InChI is InChI=1S/C27H42O6/c28-18-21(19-29)16-23(31)10-6-1-2-7-11-24-25(27(33)17-26(24)32)15-14-22(30)13-12-20-8-4-3-5-9-20/h3-5,8-9,21-22,24-26,28-30,32H,1-2,6-7,10-19H2/t22-,24+,25+,26-/m0/s1. The molecule has 0 bridgehead atoms. The molecule has 0 aromatic heterocycles. The van der Waals surface area contributed by atoms with Gasteiger partial charge in [-0.1, -0.05) is 49.6 Å². The second kappa shape index (κ2) is 15.3. The Labute approximate surface area is 198 Å². The van der Waals surface area contributed by atoms with Gasteiger partial charge in [0.15, 0.2) is 0 Å². The lowest BCUT2D eigenvalue weighted by Crippen LogP contribution is -2.22. The van der Waals surface area contributed by atoms with Crippen molar-refractivity contribution in [3.05, 3.63) is 35.9 Å². The predicted octanol–water partition coefficient (Wildman–Crippen LogP) is 3.23. The predicted molar refractivity (Wildman–Crippen MR) is 128 cm³/mol. The van der Waals surface area contributed by atoms with Crippen molar-refractivity contribution < 1.29 is 30.0 Å². The lowest BCUT2D eigenvalue weighted by atomic mass is 9.85. The maximum atomic E-state index is 12.4. The van der Waals surface area contributed by atoms with Crippen LogP contribution < -0.4 is 0 Å². The second-order valence-corrected chi connectivity index (χ2v) is 9.69. The molecule has 0 spiro atoms. The lowest BCUT2D eigenvalue weighted by Gasteiger charge is -2.22. The average molecular weight is 463 g/mol. The van der Waals surface area contributed by atoms with Gasteiger partial charge in [0.2, 0.25) is 0 Å². The van der Waals surface area contributed by atoms with Crippen LogP contribution in [0.5, 0.6) is 0 Å². The van der Waals surface area contributed by atoms with Crippen molar-refractivity contribution in [2.75, 3.05) is 13.2 Å². The Morgan fingerprint density at radius 3 is 2.36 bits per heavy atom. The van der Waals surface area contributed by atoms with E-state index in [4.69, 9.17) is 10.2 Å². The number of ketones is 2. The zero-order valence-corrected chi connectivity index (χ0v) is 19.8. The summed E-state index contributed by atoms with van der Waals surface area (Å²) in [6.07, 6.45) is 6.93. The number of carbonyl (C=O) groups is 2. The molecule has 186 valence electrons. The first-order chi connectivity index (χ1) is 15.9. The van der Waals surface area contributed by atoms with E-state index in [-0.39, 0.29) is 55.4 Å². The molecule has 0 amide bonds. The summed E-state index contributed by atoms with van der Waals surface area (Å²) in [5, 5.41) is 38.9. The summed E-state index contributed by atoms with van der Waals surface area (Å²) in [6, 6.07) is 10.1. The number of rotatable bonds is 17. The molecule has 0 heterocycles. The Balaban J connectivity index is 1.64. The van der Waals surface area contributed by atoms with Gasteiger partial charge in [-0.2, -0.15) is 0 Å². The van der Waals surface area contributed by atoms with Gasteiger partial charge in [0.1, 0.15) is 11.6 Å². The average Bonchev–Trinajstić information content (AvgIpc) is 3.09. The summed E-state index contributed by atoms with van der Waals surface area (Å²) in [6.45, 7) is -0.341. The highest BCUT2D eigenvalue weighted by atomic mass is 16.3. The van der Waals surface area contributed by atoms with Crippen LogP contribution in [-0.2, 0) is 16.0 Å². The highest BCUT2D eigenvalue weighted by Crippen LogP contribution is 2.36. The first-order valence-corrected chi connectivity index (χ1v) is 12.6. The van der Waals surface area contributed by atoms with Crippen LogP contribution in [0.1, 0.15) is 76.2 Å². The van der Waals surface area contributed by atoms with E-state index in [2.05, 4.69) is 12.1 Å². The lowest BCUT2D eigenvalue weighted by molar-refractivity contribution is -0.122. The van der Waals surface area contributed by atoms with Gasteiger partial charge < -0.3 is 20.4 Å². The molecule has 1 aliphatic carbocycles. The van der Waals surface area contributed by atoms with Gasteiger partial charge in [0.25, 0.3) is 0 Å². The maximum absolute atomic E-state index is 12.4.